The number of piperidine rings is 1. The highest BCUT2D eigenvalue weighted by Crippen LogP contribution is 2.65. The Morgan fingerprint density at radius 2 is 1.60 bits per heavy atom. The van der Waals surface area contributed by atoms with Gasteiger partial charge in [0.2, 0.25) is 17.6 Å². The molecule has 2 heterocycles. The molecular formula is C35H61N7O7S. The molecule has 1 saturated carbocycles. The van der Waals surface area contributed by atoms with Crippen LogP contribution in [0.2, 0.25) is 0 Å². The molecule has 2 saturated heterocycles. The average molecular weight is 724 g/mol. The zero-order chi connectivity index (χ0) is 37.6. The summed E-state index contributed by atoms with van der Waals surface area (Å²) in [5.74, 6) is -2.42. The maximum Gasteiger partial charge on any atom is 0.315 e. The van der Waals surface area contributed by atoms with Crippen molar-refractivity contribution in [3.8, 4) is 0 Å². The van der Waals surface area contributed by atoms with Gasteiger partial charge in [0.05, 0.1) is 6.04 Å². The normalized spacial score (nSPS) is 27.1. The van der Waals surface area contributed by atoms with Crippen LogP contribution in [0.5, 0.6) is 0 Å². The first-order valence-electron chi connectivity index (χ1n) is 18.0. The number of nitrogens with zero attached hydrogens (tertiary/aromatic N) is 3. The lowest BCUT2D eigenvalue weighted by Gasteiger charge is -2.36. The summed E-state index contributed by atoms with van der Waals surface area (Å²) in [6.45, 7) is 13.9. The van der Waals surface area contributed by atoms with E-state index >= 15 is 0 Å². The van der Waals surface area contributed by atoms with Gasteiger partial charge in [-0.3, -0.25) is 19.2 Å². The Balaban J connectivity index is 1.87. The summed E-state index contributed by atoms with van der Waals surface area (Å²) in [6, 6.07) is -4.01. The van der Waals surface area contributed by atoms with Crippen molar-refractivity contribution in [3.63, 3.8) is 0 Å². The van der Waals surface area contributed by atoms with Crippen molar-refractivity contribution in [3.05, 3.63) is 12.7 Å². The molecule has 0 spiro atoms. The molecule has 2 aliphatic heterocycles. The van der Waals surface area contributed by atoms with Crippen molar-refractivity contribution < 1.29 is 32.4 Å². The summed E-state index contributed by atoms with van der Waals surface area (Å²) in [5.41, 5.74) is -0.723. The number of carbonyl (C=O) groups is 5. The zero-order valence-electron chi connectivity index (χ0n) is 31.3. The number of likely N-dealkylation sites (N-methyl/N-ethyl adjacent to an activating group) is 1. The zero-order valence-corrected chi connectivity index (χ0v) is 32.2. The molecule has 3 aliphatic rings. The lowest BCUT2D eigenvalue weighted by atomic mass is 9.86. The maximum absolute atomic E-state index is 14.4. The fraction of sp³-hybridized carbons (Fsp3) is 0.800. The first kappa shape index (κ1) is 41.4. The Kier molecular flexibility index (Phi) is 14.1. The number of amides is 5. The minimum Gasteiger partial charge on any atom is -0.346 e. The molecule has 5 amide bonds. The van der Waals surface area contributed by atoms with Crippen molar-refractivity contribution in [2.75, 3.05) is 40.8 Å². The van der Waals surface area contributed by atoms with Gasteiger partial charge in [0.15, 0.2) is 0 Å². The lowest BCUT2D eigenvalue weighted by Crippen LogP contribution is -2.60. The predicted octanol–water partition coefficient (Wildman–Crippen LogP) is 2.17. The van der Waals surface area contributed by atoms with Gasteiger partial charge in [0.25, 0.3) is 16.1 Å². The van der Waals surface area contributed by atoms with E-state index in [0.29, 0.717) is 32.2 Å². The molecule has 0 unspecified atom stereocenters. The van der Waals surface area contributed by atoms with Gasteiger partial charge >= 0.3 is 6.03 Å². The van der Waals surface area contributed by atoms with Gasteiger partial charge in [-0.2, -0.15) is 17.0 Å². The number of ketones is 1. The summed E-state index contributed by atoms with van der Waals surface area (Å²) < 4.78 is 27.8. The monoisotopic (exact) mass is 723 g/mol. The number of rotatable bonds is 10. The van der Waals surface area contributed by atoms with E-state index in [4.69, 9.17) is 0 Å². The number of carbonyl (C=O) groups excluding carboxylic acids is 5. The van der Waals surface area contributed by atoms with Gasteiger partial charge in [-0.05, 0) is 35.5 Å². The molecule has 0 aromatic heterocycles. The van der Waals surface area contributed by atoms with E-state index in [2.05, 4.69) is 41.7 Å². The molecule has 0 aromatic carbocycles. The smallest absolute Gasteiger partial charge is 0.315 e. The van der Waals surface area contributed by atoms with Crippen LogP contribution < -0.4 is 21.3 Å². The van der Waals surface area contributed by atoms with Crippen LogP contribution in [0.4, 0.5) is 4.79 Å². The summed E-state index contributed by atoms with van der Waals surface area (Å²) >= 11 is 0. The third kappa shape index (κ3) is 10.1. The van der Waals surface area contributed by atoms with Gasteiger partial charge in [0, 0.05) is 46.8 Å². The number of hydrogen-bond acceptors (Lipinski definition) is 7. The van der Waals surface area contributed by atoms with Gasteiger partial charge in [0.1, 0.15) is 12.1 Å². The summed E-state index contributed by atoms with van der Waals surface area (Å²) in [7, 11) is 0.604. The molecule has 14 nitrogen and oxygen atoms in total. The molecule has 6 atom stereocenters. The van der Waals surface area contributed by atoms with Crippen LogP contribution in [0.15, 0.2) is 12.7 Å². The standard InChI is InChI=1S/C35H61N7O7S/c1-10-20-36-31(45)29(43)24-18-16-14-12-11-13-15-17-19-25(32(46)42-21-23-27(35(23,5)6)28(42)30(44)37-24)38-33(47)39-26(34(2,3)4)22-41(9)50(48,49)40(7)8/h10,23-28H,1,11-22H2,2-9H3,(H,36,45)(H,37,44)(H2,38,39,47)/t23-,24+,25+,26+,27-,28-/m0/s1. The molecule has 284 valence electrons. The van der Waals surface area contributed by atoms with Crippen molar-refractivity contribution in [2.24, 2.45) is 22.7 Å². The largest absolute Gasteiger partial charge is 0.346 e. The van der Waals surface area contributed by atoms with Crippen LogP contribution >= 0.6 is 0 Å². The van der Waals surface area contributed by atoms with E-state index in [-0.39, 0.29) is 36.2 Å². The van der Waals surface area contributed by atoms with E-state index in [0.717, 1.165) is 36.4 Å². The summed E-state index contributed by atoms with van der Waals surface area (Å²) in [4.78, 5) is 69.4. The number of hydrogen-bond donors (Lipinski definition) is 4. The SMILES string of the molecule is C=CCNC(=O)C(=O)[C@H]1CCCCCCCCC[C@@H](NC(=O)N[C@H](CN(C)S(=O)(=O)N(C)C)C(C)(C)C)C(=O)N2C[C@H]3[C@@H]([C@H]2C(=O)N1)C3(C)C. The second-order valence-corrected chi connectivity index (χ2v) is 18.3. The quantitative estimate of drug-likeness (QED) is 0.197. The molecule has 15 heteroatoms. The van der Waals surface area contributed by atoms with E-state index in [1.54, 1.807) is 4.90 Å². The molecule has 3 rings (SSSR count). The van der Waals surface area contributed by atoms with Gasteiger partial charge < -0.3 is 26.2 Å². The minimum atomic E-state index is -3.73. The Labute approximate surface area is 299 Å². The van der Waals surface area contributed by atoms with E-state index in [9.17, 15) is 32.4 Å². The summed E-state index contributed by atoms with van der Waals surface area (Å²) in [5, 5.41) is 11.2. The topological polar surface area (TPSA) is 177 Å². The van der Waals surface area contributed by atoms with Crippen LogP contribution in [0.3, 0.4) is 0 Å². The fourth-order valence-corrected chi connectivity index (χ4v) is 8.21. The van der Waals surface area contributed by atoms with Crippen LogP contribution in [-0.4, -0.2) is 116 Å². The van der Waals surface area contributed by atoms with Crippen LogP contribution in [0, 0.1) is 22.7 Å². The third-order valence-corrected chi connectivity index (χ3v) is 12.6. The number of Topliss-reactive ketones (excluding diaryl/α,β-unsaturated/α-hetero) is 1. The Morgan fingerprint density at radius 3 is 2.16 bits per heavy atom. The second-order valence-electron chi connectivity index (χ2n) is 16.0. The average Bonchev–Trinajstić information content (AvgIpc) is 3.33. The predicted molar refractivity (Wildman–Crippen MR) is 192 cm³/mol. The minimum absolute atomic E-state index is 0.00829. The highest BCUT2D eigenvalue weighted by Gasteiger charge is 2.69. The Bertz CT molecular complexity index is 1380. The van der Waals surface area contributed by atoms with Crippen LogP contribution in [0.1, 0.15) is 92.4 Å². The molecule has 4 N–H and O–H groups in total. The first-order chi connectivity index (χ1) is 23.2. The fourth-order valence-electron chi connectivity index (χ4n) is 7.31. The molecule has 0 radical (unpaired) electrons. The molecule has 1 aliphatic carbocycles. The lowest BCUT2D eigenvalue weighted by molar-refractivity contribution is -0.144. The Morgan fingerprint density at radius 1 is 1.02 bits per heavy atom. The highest BCUT2D eigenvalue weighted by atomic mass is 32.2. The van der Waals surface area contributed by atoms with Crippen LogP contribution in [-0.2, 0) is 29.4 Å². The van der Waals surface area contributed by atoms with Gasteiger partial charge in [-0.15, -0.1) is 6.58 Å². The Hall–Kier alpha value is -3.04. The maximum atomic E-state index is 14.4. The number of urea groups is 1. The molecule has 0 bridgehead atoms. The molecule has 50 heavy (non-hydrogen) atoms. The van der Waals surface area contributed by atoms with E-state index in [1.165, 1.54) is 31.5 Å². The van der Waals surface area contributed by atoms with Crippen molar-refractivity contribution in [2.45, 2.75) is 117 Å². The highest BCUT2D eigenvalue weighted by molar-refractivity contribution is 7.86. The second kappa shape index (κ2) is 17.0. The number of fused-ring (bicyclic) bond motifs is 3. The van der Waals surface area contributed by atoms with Crippen molar-refractivity contribution >= 4 is 39.7 Å². The third-order valence-electron chi connectivity index (χ3n) is 10.8. The van der Waals surface area contributed by atoms with Gasteiger partial charge in [-0.25, -0.2) is 4.79 Å². The van der Waals surface area contributed by atoms with Crippen molar-refractivity contribution in [1.29, 1.82) is 0 Å². The molecule has 0 aromatic rings. The van der Waals surface area contributed by atoms with Crippen molar-refractivity contribution in [1.82, 2.24) is 34.8 Å². The van der Waals surface area contributed by atoms with Crippen LogP contribution in [0.25, 0.3) is 0 Å². The first-order valence-corrected chi connectivity index (χ1v) is 19.4. The van der Waals surface area contributed by atoms with E-state index < -0.39 is 63.4 Å². The molecule has 3 fully saturated rings. The van der Waals surface area contributed by atoms with E-state index in [1.807, 2.05) is 20.8 Å². The number of nitrogens with one attached hydrogen (secondary N) is 4. The summed E-state index contributed by atoms with van der Waals surface area (Å²) in [6.07, 6.45) is 8.07. The molecular weight excluding hydrogens is 662 g/mol. The van der Waals surface area contributed by atoms with Gasteiger partial charge in [-0.1, -0.05) is 85.6 Å².